The number of anilines is 1. The number of rotatable bonds is 4. The standard InChI is InChI=1S/C18H21N3O2/c22-18(23)17(13-5-6-13)21-9-7-20(8-10-21)16-12-19-11-14-3-1-2-4-15(14)16/h1-4,11-13,17H,5-10H2,(H,22,23). The predicted octanol–water partition coefficient (Wildman–Crippen LogP) is 2.22. The van der Waals surface area contributed by atoms with Gasteiger partial charge in [-0.25, -0.2) is 0 Å². The summed E-state index contributed by atoms with van der Waals surface area (Å²) in [6.45, 7) is 3.31. The third kappa shape index (κ3) is 2.77. The summed E-state index contributed by atoms with van der Waals surface area (Å²) in [4.78, 5) is 20.4. The van der Waals surface area contributed by atoms with Gasteiger partial charge in [-0.15, -0.1) is 0 Å². The average Bonchev–Trinajstić information content (AvgIpc) is 3.40. The quantitative estimate of drug-likeness (QED) is 0.938. The minimum absolute atomic E-state index is 0.289. The number of benzene rings is 1. The Labute approximate surface area is 135 Å². The van der Waals surface area contributed by atoms with E-state index in [0.29, 0.717) is 5.92 Å². The highest BCUT2D eigenvalue weighted by atomic mass is 16.4. The van der Waals surface area contributed by atoms with Crippen molar-refractivity contribution in [2.45, 2.75) is 18.9 Å². The molecule has 23 heavy (non-hydrogen) atoms. The Morgan fingerprint density at radius 3 is 2.57 bits per heavy atom. The van der Waals surface area contributed by atoms with Gasteiger partial charge in [0.15, 0.2) is 0 Å². The zero-order valence-electron chi connectivity index (χ0n) is 13.1. The molecule has 2 fully saturated rings. The summed E-state index contributed by atoms with van der Waals surface area (Å²) >= 11 is 0. The summed E-state index contributed by atoms with van der Waals surface area (Å²) < 4.78 is 0. The Kier molecular flexibility index (Phi) is 3.65. The lowest BCUT2D eigenvalue weighted by Gasteiger charge is -2.39. The molecule has 1 atom stereocenters. The fourth-order valence-corrected chi connectivity index (χ4v) is 3.66. The number of pyridine rings is 1. The highest BCUT2D eigenvalue weighted by molar-refractivity contribution is 5.93. The number of piperazine rings is 1. The Hall–Kier alpha value is -2.14. The van der Waals surface area contributed by atoms with Gasteiger partial charge in [-0.3, -0.25) is 14.7 Å². The maximum absolute atomic E-state index is 11.5. The van der Waals surface area contributed by atoms with Gasteiger partial charge < -0.3 is 10.0 Å². The zero-order valence-corrected chi connectivity index (χ0v) is 13.1. The Bertz CT molecular complexity index is 716. The normalized spacial score (nSPS) is 20.6. The lowest BCUT2D eigenvalue weighted by Crippen LogP contribution is -2.53. The van der Waals surface area contributed by atoms with E-state index in [0.717, 1.165) is 50.1 Å². The topological polar surface area (TPSA) is 56.7 Å². The molecule has 2 heterocycles. The van der Waals surface area contributed by atoms with Gasteiger partial charge in [-0.05, 0) is 18.8 Å². The number of aromatic nitrogens is 1. The second-order valence-corrected chi connectivity index (χ2v) is 6.52. The van der Waals surface area contributed by atoms with Crippen LogP contribution in [-0.2, 0) is 4.79 Å². The summed E-state index contributed by atoms with van der Waals surface area (Å²) in [6.07, 6.45) is 5.94. The summed E-state index contributed by atoms with van der Waals surface area (Å²) in [5, 5.41) is 11.9. The minimum atomic E-state index is -0.659. The molecule has 120 valence electrons. The minimum Gasteiger partial charge on any atom is -0.480 e. The molecular formula is C18H21N3O2. The van der Waals surface area contributed by atoms with Crippen LogP contribution in [0.5, 0.6) is 0 Å². The third-order valence-electron chi connectivity index (χ3n) is 5.02. The van der Waals surface area contributed by atoms with Gasteiger partial charge in [0.2, 0.25) is 0 Å². The van der Waals surface area contributed by atoms with E-state index in [9.17, 15) is 9.90 Å². The molecule has 2 aromatic rings. The largest absolute Gasteiger partial charge is 0.480 e. The number of fused-ring (bicyclic) bond motifs is 1. The highest BCUT2D eigenvalue weighted by Crippen LogP contribution is 2.36. The molecule has 0 spiro atoms. The highest BCUT2D eigenvalue weighted by Gasteiger charge is 2.41. The maximum Gasteiger partial charge on any atom is 0.321 e. The second-order valence-electron chi connectivity index (χ2n) is 6.52. The van der Waals surface area contributed by atoms with E-state index in [-0.39, 0.29) is 6.04 Å². The van der Waals surface area contributed by atoms with Crippen molar-refractivity contribution < 1.29 is 9.90 Å². The van der Waals surface area contributed by atoms with Crippen molar-refractivity contribution in [1.29, 1.82) is 0 Å². The predicted molar refractivity (Wildman–Crippen MR) is 89.7 cm³/mol. The first kappa shape index (κ1) is 14.5. The van der Waals surface area contributed by atoms with Gasteiger partial charge in [-0.1, -0.05) is 24.3 Å². The van der Waals surface area contributed by atoms with E-state index in [1.165, 1.54) is 5.39 Å². The van der Waals surface area contributed by atoms with Crippen molar-refractivity contribution in [2.24, 2.45) is 5.92 Å². The third-order valence-corrected chi connectivity index (χ3v) is 5.02. The Morgan fingerprint density at radius 2 is 1.87 bits per heavy atom. The van der Waals surface area contributed by atoms with E-state index in [1.807, 2.05) is 18.5 Å². The number of carboxylic acids is 1. The first-order valence-corrected chi connectivity index (χ1v) is 8.28. The average molecular weight is 311 g/mol. The van der Waals surface area contributed by atoms with E-state index in [4.69, 9.17) is 0 Å². The summed E-state index contributed by atoms with van der Waals surface area (Å²) in [6, 6.07) is 8.00. The molecule has 1 aromatic carbocycles. The smallest absolute Gasteiger partial charge is 0.321 e. The number of carboxylic acid groups (broad SMARTS) is 1. The van der Waals surface area contributed by atoms with Crippen molar-refractivity contribution in [2.75, 3.05) is 31.1 Å². The fourth-order valence-electron chi connectivity index (χ4n) is 3.66. The number of carbonyl (C=O) groups is 1. The monoisotopic (exact) mass is 311 g/mol. The van der Waals surface area contributed by atoms with Gasteiger partial charge in [-0.2, -0.15) is 0 Å². The van der Waals surface area contributed by atoms with Crippen LogP contribution in [0.3, 0.4) is 0 Å². The molecule has 2 aliphatic rings. The maximum atomic E-state index is 11.5. The van der Waals surface area contributed by atoms with Gasteiger partial charge >= 0.3 is 5.97 Å². The van der Waals surface area contributed by atoms with Crippen LogP contribution < -0.4 is 4.90 Å². The molecule has 1 saturated heterocycles. The molecule has 1 N–H and O–H groups in total. The molecule has 1 unspecified atom stereocenters. The molecular weight excluding hydrogens is 290 g/mol. The van der Waals surface area contributed by atoms with Crippen LogP contribution in [0.15, 0.2) is 36.7 Å². The number of nitrogens with zero attached hydrogens (tertiary/aromatic N) is 3. The van der Waals surface area contributed by atoms with E-state index < -0.39 is 5.97 Å². The van der Waals surface area contributed by atoms with E-state index >= 15 is 0 Å². The molecule has 1 aliphatic heterocycles. The first-order valence-electron chi connectivity index (χ1n) is 8.28. The van der Waals surface area contributed by atoms with Gasteiger partial charge in [0.05, 0.1) is 11.9 Å². The van der Waals surface area contributed by atoms with Gasteiger partial charge in [0.25, 0.3) is 0 Å². The molecule has 0 bridgehead atoms. The van der Waals surface area contributed by atoms with E-state index in [1.54, 1.807) is 0 Å². The molecule has 0 amide bonds. The van der Waals surface area contributed by atoms with Crippen molar-refractivity contribution in [3.63, 3.8) is 0 Å². The molecule has 5 nitrogen and oxygen atoms in total. The zero-order chi connectivity index (χ0) is 15.8. The van der Waals surface area contributed by atoms with Crippen LogP contribution in [-0.4, -0.2) is 53.2 Å². The molecule has 1 aromatic heterocycles. The first-order chi connectivity index (χ1) is 11.2. The van der Waals surface area contributed by atoms with Gasteiger partial charge in [0, 0.05) is 43.1 Å². The Balaban J connectivity index is 1.52. The molecule has 0 radical (unpaired) electrons. The lowest BCUT2D eigenvalue weighted by molar-refractivity contribution is -0.144. The Morgan fingerprint density at radius 1 is 1.13 bits per heavy atom. The second kappa shape index (κ2) is 5.81. The van der Waals surface area contributed by atoms with Crippen molar-refractivity contribution in [3.8, 4) is 0 Å². The van der Waals surface area contributed by atoms with Crippen LogP contribution in [0.4, 0.5) is 5.69 Å². The van der Waals surface area contributed by atoms with Crippen molar-refractivity contribution in [1.82, 2.24) is 9.88 Å². The number of hydrogen-bond acceptors (Lipinski definition) is 4. The van der Waals surface area contributed by atoms with Crippen LogP contribution >= 0.6 is 0 Å². The van der Waals surface area contributed by atoms with E-state index in [2.05, 4.69) is 33.0 Å². The molecule has 5 heteroatoms. The fraction of sp³-hybridized carbons (Fsp3) is 0.444. The molecule has 1 aliphatic carbocycles. The number of aliphatic carboxylic acids is 1. The lowest BCUT2D eigenvalue weighted by atomic mass is 10.1. The van der Waals surface area contributed by atoms with Crippen molar-refractivity contribution in [3.05, 3.63) is 36.7 Å². The number of hydrogen-bond donors (Lipinski definition) is 1. The summed E-state index contributed by atoms with van der Waals surface area (Å²) in [5.41, 5.74) is 1.15. The van der Waals surface area contributed by atoms with Crippen LogP contribution in [0, 0.1) is 5.92 Å². The molecule has 4 rings (SSSR count). The van der Waals surface area contributed by atoms with Gasteiger partial charge in [0.1, 0.15) is 6.04 Å². The van der Waals surface area contributed by atoms with Crippen LogP contribution in [0.2, 0.25) is 0 Å². The molecule has 1 saturated carbocycles. The summed E-state index contributed by atoms with van der Waals surface area (Å²) in [5.74, 6) is -0.300. The van der Waals surface area contributed by atoms with Crippen LogP contribution in [0.25, 0.3) is 10.8 Å². The summed E-state index contributed by atoms with van der Waals surface area (Å²) in [7, 11) is 0. The SMILES string of the molecule is O=C(O)C(C1CC1)N1CCN(c2cncc3ccccc23)CC1. The van der Waals surface area contributed by atoms with Crippen LogP contribution in [0.1, 0.15) is 12.8 Å². The van der Waals surface area contributed by atoms with Crippen molar-refractivity contribution >= 4 is 22.4 Å².